The van der Waals surface area contributed by atoms with Gasteiger partial charge in [-0.2, -0.15) is 0 Å². The first-order valence-corrected chi connectivity index (χ1v) is 9.34. The third-order valence-corrected chi connectivity index (χ3v) is 4.30. The van der Waals surface area contributed by atoms with Gasteiger partial charge in [0.25, 0.3) is 0 Å². The summed E-state index contributed by atoms with van der Waals surface area (Å²) in [4.78, 5) is 18.4. The fourth-order valence-corrected chi connectivity index (χ4v) is 2.84. The summed E-state index contributed by atoms with van der Waals surface area (Å²) in [6.45, 7) is 3.60. The molecule has 8 heteroatoms. The third kappa shape index (κ3) is 6.53. The number of guanidine groups is 1. The van der Waals surface area contributed by atoms with E-state index in [1.165, 1.54) is 0 Å². The molecular weight excluding hydrogens is 479 g/mol. The van der Waals surface area contributed by atoms with Crippen molar-refractivity contribution in [3.05, 3.63) is 72.4 Å². The van der Waals surface area contributed by atoms with Crippen molar-refractivity contribution < 1.29 is 5.11 Å². The van der Waals surface area contributed by atoms with E-state index >= 15 is 0 Å². The van der Waals surface area contributed by atoms with Crippen molar-refractivity contribution in [2.45, 2.75) is 19.6 Å². The molecule has 0 bridgehead atoms. The van der Waals surface area contributed by atoms with Crippen molar-refractivity contribution in [1.82, 2.24) is 25.2 Å². The number of benzene rings is 1. The van der Waals surface area contributed by atoms with Gasteiger partial charge in [0.1, 0.15) is 5.82 Å². The average molecular weight is 506 g/mol. The molecule has 1 atom stereocenters. The van der Waals surface area contributed by atoms with E-state index < -0.39 is 6.10 Å². The van der Waals surface area contributed by atoms with Crippen LogP contribution in [-0.4, -0.2) is 51.1 Å². The van der Waals surface area contributed by atoms with Gasteiger partial charge in [-0.25, -0.2) is 4.98 Å². The van der Waals surface area contributed by atoms with Gasteiger partial charge in [-0.1, -0.05) is 30.3 Å². The minimum atomic E-state index is -0.668. The fraction of sp³-hybridized carbons (Fsp3) is 0.286. The Morgan fingerprint density at radius 2 is 1.93 bits per heavy atom. The number of pyridine rings is 1. The van der Waals surface area contributed by atoms with Crippen LogP contribution in [0.4, 0.5) is 0 Å². The number of aromatic nitrogens is 3. The lowest BCUT2D eigenvalue weighted by molar-refractivity contribution is 0.186. The SMILES string of the molecule is CCNC(=NCC(O)c1ccncc1)N(C)Cc1ncc(-c2ccccc2)[nH]1.I. The molecule has 0 spiro atoms. The van der Waals surface area contributed by atoms with Gasteiger partial charge in [0.05, 0.1) is 31.1 Å². The van der Waals surface area contributed by atoms with E-state index in [4.69, 9.17) is 0 Å². The summed E-state index contributed by atoms with van der Waals surface area (Å²) in [6.07, 6.45) is 4.51. The Morgan fingerprint density at radius 1 is 1.21 bits per heavy atom. The van der Waals surface area contributed by atoms with Gasteiger partial charge in [0.2, 0.25) is 0 Å². The number of aliphatic hydroxyl groups excluding tert-OH is 1. The molecule has 0 aliphatic heterocycles. The van der Waals surface area contributed by atoms with Crippen LogP contribution >= 0.6 is 24.0 Å². The van der Waals surface area contributed by atoms with Crippen LogP contribution in [0.25, 0.3) is 11.3 Å². The minimum Gasteiger partial charge on any atom is -0.386 e. The summed E-state index contributed by atoms with van der Waals surface area (Å²) < 4.78 is 0. The maximum Gasteiger partial charge on any atom is 0.194 e. The van der Waals surface area contributed by atoms with Gasteiger partial charge >= 0.3 is 0 Å². The van der Waals surface area contributed by atoms with E-state index in [9.17, 15) is 5.11 Å². The Kier molecular flexibility index (Phi) is 9.07. The summed E-state index contributed by atoms with van der Waals surface area (Å²) in [6, 6.07) is 13.7. The lowest BCUT2D eigenvalue weighted by Crippen LogP contribution is -2.39. The standard InChI is InChI=1S/C21H26N6O.HI/c1-3-23-21(25-14-19(28)17-9-11-22-12-10-17)27(2)15-20-24-13-18(26-20)16-7-5-4-6-8-16;/h4-13,19,28H,3,14-15H2,1-2H3,(H,23,25)(H,24,26);1H. The molecule has 3 aromatic rings. The Bertz CT molecular complexity index is 884. The number of rotatable bonds is 7. The van der Waals surface area contributed by atoms with E-state index in [1.54, 1.807) is 24.5 Å². The number of aliphatic hydroxyl groups is 1. The highest BCUT2D eigenvalue weighted by molar-refractivity contribution is 14.0. The zero-order chi connectivity index (χ0) is 19.8. The van der Waals surface area contributed by atoms with Crippen molar-refractivity contribution in [2.75, 3.05) is 20.1 Å². The smallest absolute Gasteiger partial charge is 0.194 e. The van der Waals surface area contributed by atoms with E-state index in [1.807, 2.05) is 55.4 Å². The number of hydrogen-bond acceptors (Lipinski definition) is 4. The van der Waals surface area contributed by atoms with Crippen molar-refractivity contribution in [3.63, 3.8) is 0 Å². The maximum absolute atomic E-state index is 10.3. The van der Waals surface area contributed by atoms with Gasteiger partial charge in [-0.15, -0.1) is 24.0 Å². The average Bonchev–Trinajstić information content (AvgIpc) is 3.20. The molecule has 7 nitrogen and oxygen atoms in total. The van der Waals surface area contributed by atoms with Crippen LogP contribution in [0, 0.1) is 0 Å². The highest BCUT2D eigenvalue weighted by atomic mass is 127. The fourth-order valence-electron chi connectivity index (χ4n) is 2.84. The molecule has 1 aromatic carbocycles. The van der Waals surface area contributed by atoms with Crippen LogP contribution in [-0.2, 0) is 6.54 Å². The molecule has 2 heterocycles. The van der Waals surface area contributed by atoms with Crippen LogP contribution < -0.4 is 5.32 Å². The molecule has 0 radical (unpaired) electrons. The molecular formula is C21H27IN6O. The Morgan fingerprint density at radius 3 is 2.62 bits per heavy atom. The van der Waals surface area contributed by atoms with Crippen molar-refractivity contribution >= 4 is 29.9 Å². The van der Waals surface area contributed by atoms with Crippen LogP contribution in [0.5, 0.6) is 0 Å². The molecule has 0 aliphatic carbocycles. The van der Waals surface area contributed by atoms with Crippen LogP contribution in [0.3, 0.4) is 0 Å². The normalized spacial score (nSPS) is 12.2. The third-order valence-electron chi connectivity index (χ3n) is 4.30. The second-order valence-electron chi connectivity index (χ2n) is 6.46. The molecule has 154 valence electrons. The topological polar surface area (TPSA) is 89.4 Å². The van der Waals surface area contributed by atoms with Gasteiger partial charge in [0.15, 0.2) is 5.96 Å². The van der Waals surface area contributed by atoms with Crippen molar-refractivity contribution in [3.8, 4) is 11.3 Å². The number of nitrogens with one attached hydrogen (secondary N) is 2. The Hall–Kier alpha value is -2.46. The molecule has 0 fully saturated rings. The second-order valence-corrected chi connectivity index (χ2v) is 6.46. The van der Waals surface area contributed by atoms with Gasteiger partial charge < -0.3 is 20.3 Å². The van der Waals surface area contributed by atoms with Gasteiger partial charge in [-0.05, 0) is 30.2 Å². The highest BCUT2D eigenvalue weighted by Crippen LogP contribution is 2.16. The minimum absolute atomic E-state index is 0. The number of halogens is 1. The number of aromatic amines is 1. The zero-order valence-corrected chi connectivity index (χ0v) is 18.9. The summed E-state index contributed by atoms with van der Waals surface area (Å²) >= 11 is 0. The molecule has 0 amide bonds. The van der Waals surface area contributed by atoms with E-state index in [2.05, 4.69) is 25.3 Å². The number of hydrogen-bond donors (Lipinski definition) is 3. The predicted molar refractivity (Wildman–Crippen MR) is 126 cm³/mol. The quantitative estimate of drug-likeness (QED) is 0.260. The highest BCUT2D eigenvalue weighted by Gasteiger charge is 2.12. The van der Waals surface area contributed by atoms with Crippen molar-refractivity contribution in [1.29, 1.82) is 0 Å². The second kappa shape index (κ2) is 11.5. The summed E-state index contributed by atoms with van der Waals surface area (Å²) in [5.41, 5.74) is 2.89. The molecule has 0 saturated carbocycles. The molecule has 0 saturated heterocycles. The van der Waals surface area contributed by atoms with E-state index in [0.29, 0.717) is 12.5 Å². The monoisotopic (exact) mass is 506 g/mol. The zero-order valence-electron chi connectivity index (χ0n) is 16.6. The number of H-pyrrole nitrogens is 1. The first-order chi connectivity index (χ1) is 13.7. The van der Waals surface area contributed by atoms with E-state index in [0.717, 1.165) is 29.2 Å². The van der Waals surface area contributed by atoms with Gasteiger partial charge in [0, 0.05) is 26.0 Å². The van der Waals surface area contributed by atoms with Crippen LogP contribution in [0.15, 0.2) is 66.0 Å². The molecule has 1 unspecified atom stereocenters. The summed E-state index contributed by atoms with van der Waals surface area (Å²) in [7, 11) is 1.95. The lowest BCUT2D eigenvalue weighted by atomic mass is 10.1. The van der Waals surface area contributed by atoms with Crippen LogP contribution in [0.1, 0.15) is 24.4 Å². The molecule has 0 aliphatic rings. The number of imidazole rings is 1. The molecule has 29 heavy (non-hydrogen) atoms. The van der Waals surface area contributed by atoms with Crippen molar-refractivity contribution in [2.24, 2.45) is 4.99 Å². The maximum atomic E-state index is 10.3. The predicted octanol–water partition coefficient (Wildman–Crippen LogP) is 3.22. The molecule has 3 rings (SSSR count). The van der Waals surface area contributed by atoms with Gasteiger partial charge in [-0.3, -0.25) is 9.98 Å². The Balaban J connectivity index is 0.00000300. The van der Waals surface area contributed by atoms with E-state index in [-0.39, 0.29) is 30.5 Å². The van der Waals surface area contributed by atoms with Crippen LogP contribution in [0.2, 0.25) is 0 Å². The number of nitrogens with zero attached hydrogens (tertiary/aromatic N) is 4. The summed E-state index contributed by atoms with van der Waals surface area (Å²) in [5, 5.41) is 13.6. The largest absolute Gasteiger partial charge is 0.386 e. The molecule has 3 N–H and O–H groups in total. The lowest BCUT2D eigenvalue weighted by Gasteiger charge is -2.21. The first kappa shape index (κ1) is 22.8. The Labute approximate surface area is 188 Å². The molecule has 2 aromatic heterocycles. The summed E-state index contributed by atoms with van der Waals surface area (Å²) in [5.74, 6) is 1.56. The first-order valence-electron chi connectivity index (χ1n) is 9.34. The number of aliphatic imine (C=N–C) groups is 1.